The molecule has 1 rings (SSSR count). The van der Waals surface area contributed by atoms with Crippen LogP contribution in [-0.4, -0.2) is 32.4 Å². The molecule has 142 valence electrons. The molecule has 0 fully saturated rings. The Hall–Kier alpha value is -0.810. The van der Waals surface area contributed by atoms with Crippen LogP contribution in [0, 0.1) is 0 Å². The zero-order chi connectivity index (χ0) is 19.6. The highest BCUT2D eigenvalue weighted by Crippen LogP contribution is 2.43. The topological polar surface area (TPSA) is 57.5 Å². The third-order valence-electron chi connectivity index (χ3n) is 4.15. The van der Waals surface area contributed by atoms with Gasteiger partial charge in [-0.2, -0.15) is 0 Å². The smallest absolute Gasteiger partial charge is 0.313 e. The van der Waals surface area contributed by atoms with Crippen molar-refractivity contribution in [1.29, 1.82) is 0 Å². The van der Waals surface area contributed by atoms with Gasteiger partial charge in [0.1, 0.15) is 5.75 Å². The molecule has 2 atom stereocenters. The second kappa shape index (κ2) is 8.26. The number of thioether (sulfide) groups is 2. The second-order valence-electron chi connectivity index (χ2n) is 8.60. The standard InChI is InChI=1S/C20H32O3S2/c1-12(24-11-17(21)22)13(2)25-14-9-15(19(3,4)5)18(23)16(10-14)20(6,7)8/h9-10,12-13,23H,11H2,1-8H3,(H,21,22). The van der Waals surface area contributed by atoms with Crippen LogP contribution in [0.5, 0.6) is 5.75 Å². The van der Waals surface area contributed by atoms with Gasteiger partial charge in [0, 0.05) is 26.5 Å². The molecule has 0 aliphatic rings. The quantitative estimate of drug-likeness (QED) is 0.618. The van der Waals surface area contributed by atoms with Crippen molar-refractivity contribution in [2.24, 2.45) is 0 Å². The van der Waals surface area contributed by atoms with Gasteiger partial charge in [-0.15, -0.1) is 23.5 Å². The van der Waals surface area contributed by atoms with Crippen LogP contribution in [-0.2, 0) is 15.6 Å². The minimum Gasteiger partial charge on any atom is -0.507 e. The lowest BCUT2D eigenvalue weighted by Crippen LogP contribution is -2.18. The SMILES string of the molecule is CC(SCC(=O)O)C(C)Sc1cc(C(C)(C)C)c(O)c(C(C)(C)C)c1. The van der Waals surface area contributed by atoms with Gasteiger partial charge in [-0.1, -0.05) is 55.4 Å². The number of phenols is 1. The predicted octanol–water partition coefficient (Wildman–Crippen LogP) is 5.67. The number of rotatable bonds is 6. The van der Waals surface area contributed by atoms with Crippen LogP contribution >= 0.6 is 23.5 Å². The first-order valence-electron chi connectivity index (χ1n) is 8.61. The summed E-state index contributed by atoms with van der Waals surface area (Å²) in [6.07, 6.45) is 0. The summed E-state index contributed by atoms with van der Waals surface area (Å²) in [6, 6.07) is 4.17. The van der Waals surface area contributed by atoms with E-state index in [1.807, 2.05) is 0 Å². The molecule has 1 aromatic carbocycles. The Morgan fingerprint density at radius 1 is 1.00 bits per heavy atom. The molecule has 0 saturated carbocycles. The van der Waals surface area contributed by atoms with Crippen LogP contribution in [0.15, 0.2) is 17.0 Å². The van der Waals surface area contributed by atoms with Crippen molar-refractivity contribution in [2.45, 2.75) is 81.6 Å². The molecule has 0 heterocycles. The largest absolute Gasteiger partial charge is 0.507 e. The van der Waals surface area contributed by atoms with E-state index in [-0.39, 0.29) is 27.1 Å². The predicted molar refractivity (Wildman–Crippen MR) is 110 cm³/mol. The van der Waals surface area contributed by atoms with Gasteiger partial charge in [0.2, 0.25) is 0 Å². The summed E-state index contributed by atoms with van der Waals surface area (Å²) in [5.41, 5.74) is 1.63. The molecule has 0 aliphatic carbocycles. The summed E-state index contributed by atoms with van der Waals surface area (Å²) < 4.78 is 0. The van der Waals surface area contributed by atoms with E-state index in [0.717, 1.165) is 16.0 Å². The molecule has 0 bridgehead atoms. The van der Waals surface area contributed by atoms with E-state index in [1.165, 1.54) is 11.8 Å². The van der Waals surface area contributed by atoms with Crippen molar-refractivity contribution in [3.8, 4) is 5.75 Å². The molecule has 5 heteroatoms. The van der Waals surface area contributed by atoms with Crippen molar-refractivity contribution < 1.29 is 15.0 Å². The Kier molecular flexibility index (Phi) is 7.34. The monoisotopic (exact) mass is 384 g/mol. The fourth-order valence-electron chi connectivity index (χ4n) is 2.47. The fourth-order valence-corrected chi connectivity index (χ4v) is 4.54. The molecule has 0 aliphatic heterocycles. The molecule has 25 heavy (non-hydrogen) atoms. The molecule has 2 unspecified atom stereocenters. The maximum Gasteiger partial charge on any atom is 0.313 e. The van der Waals surface area contributed by atoms with Crippen molar-refractivity contribution in [3.05, 3.63) is 23.3 Å². The zero-order valence-electron chi connectivity index (χ0n) is 16.6. The lowest BCUT2D eigenvalue weighted by atomic mass is 9.79. The maximum atomic E-state index is 10.8. The van der Waals surface area contributed by atoms with Crippen LogP contribution in [0.4, 0.5) is 0 Å². The average molecular weight is 385 g/mol. The number of carboxylic acid groups (broad SMARTS) is 1. The zero-order valence-corrected chi connectivity index (χ0v) is 18.3. The molecule has 2 N–H and O–H groups in total. The van der Waals surface area contributed by atoms with Gasteiger partial charge in [0.05, 0.1) is 5.75 Å². The lowest BCUT2D eigenvalue weighted by Gasteiger charge is -2.29. The van der Waals surface area contributed by atoms with Crippen molar-refractivity contribution in [3.63, 3.8) is 0 Å². The number of carboxylic acids is 1. The van der Waals surface area contributed by atoms with E-state index in [0.29, 0.717) is 5.75 Å². The van der Waals surface area contributed by atoms with Gasteiger partial charge >= 0.3 is 5.97 Å². The summed E-state index contributed by atoms with van der Waals surface area (Å²) in [5.74, 6) is -0.253. The highest BCUT2D eigenvalue weighted by atomic mass is 32.2. The lowest BCUT2D eigenvalue weighted by molar-refractivity contribution is -0.133. The van der Waals surface area contributed by atoms with Crippen molar-refractivity contribution in [1.82, 2.24) is 0 Å². The van der Waals surface area contributed by atoms with Gasteiger partial charge in [-0.3, -0.25) is 4.79 Å². The maximum absolute atomic E-state index is 10.8. The molecule has 1 aromatic rings. The van der Waals surface area contributed by atoms with E-state index in [4.69, 9.17) is 5.11 Å². The van der Waals surface area contributed by atoms with Gasteiger partial charge < -0.3 is 10.2 Å². The summed E-state index contributed by atoms with van der Waals surface area (Å²) in [4.78, 5) is 11.9. The molecule has 0 aromatic heterocycles. The molecule has 0 saturated heterocycles. The Labute approximate surface area is 161 Å². The summed E-state index contributed by atoms with van der Waals surface area (Å²) in [7, 11) is 0. The highest BCUT2D eigenvalue weighted by molar-refractivity contribution is 8.04. The van der Waals surface area contributed by atoms with Crippen molar-refractivity contribution >= 4 is 29.5 Å². The second-order valence-corrected chi connectivity index (χ2v) is 11.4. The van der Waals surface area contributed by atoms with Gasteiger partial charge in [-0.05, 0) is 23.0 Å². The van der Waals surface area contributed by atoms with Crippen molar-refractivity contribution in [2.75, 3.05) is 5.75 Å². The van der Waals surface area contributed by atoms with E-state index in [2.05, 4.69) is 67.5 Å². The van der Waals surface area contributed by atoms with Crippen LogP contribution < -0.4 is 0 Å². The number of carbonyl (C=O) groups is 1. The summed E-state index contributed by atoms with van der Waals surface area (Å²) in [5, 5.41) is 20.2. The average Bonchev–Trinajstić information content (AvgIpc) is 2.43. The first-order valence-corrected chi connectivity index (χ1v) is 10.5. The number of benzene rings is 1. The molecule has 0 radical (unpaired) electrons. The fraction of sp³-hybridized carbons (Fsp3) is 0.650. The van der Waals surface area contributed by atoms with Gasteiger partial charge in [0.15, 0.2) is 0 Å². The molecule has 3 nitrogen and oxygen atoms in total. The minimum atomic E-state index is -0.774. The third kappa shape index (κ3) is 6.45. The summed E-state index contributed by atoms with van der Waals surface area (Å²) in [6.45, 7) is 16.9. The highest BCUT2D eigenvalue weighted by Gasteiger charge is 2.27. The van der Waals surface area contributed by atoms with E-state index in [9.17, 15) is 9.90 Å². The number of aromatic hydroxyl groups is 1. The first kappa shape index (κ1) is 22.2. The molecular formula is C20H32O3S2. The number of hydrogen-bond donors (Lipinski definition) is 2. The normalized spacial score (nSPS) is 15.0. The van der Waals surface area contributed by atoms with Crippen LogP contribution in [0.25, 0.3) is 0 Å². The Bertz CT molecular complexity index is 577. The Morgan fingerprint density at radius 2 is 1.44 bits per heavy atom. The molecule has 0 amide bonds. The minimum absolute atomic E-state index is 0.127. The molecule has 0 spiro atoms. The Balaban J connectivity index is 3.17. The number of hydrogen-bond acceptors (Lipinski definition) is 4. The van der Waals surface area contributed by atoms with Crippen LogP contribution in [0.3, 0.4) is 0 Å². The van der Waals surface area contributed by atoms with E-state index in [1.54, 1.807) is 11.8 Å². The van der Waals surface area contributed by atoms with Gasteiger partial charge in [0.25, 0.3) is 0 Å². The van der Waals surface area contributed by atoms with Crippen LogP contribution in [0.1, 0.15) is 66.5 Å². The Morgan fingerprint density at radius 3 is 1.80 bits per heavy atom. The van der Waals surface area contributed by atoms with E-state index < -0.39 is 5.97 Å². The van der Waals surface area contributed by atoms with Gasteiger partial charge in [-0.25, -0.2) is 0 Å². The summed E-state index contributed by atoms with van der Waals surface area (Å²) >= 11 is 3.21. The number of aliphatic carboxylic acids is 1. The first-order chi connectivity index (χ1) is 11.2. The molecular weight excluding hydrogens is 352 g/mol. The van der Waals surface area contributed by atoms with Crippen LogP contribution in [0.2, 0.25) is 0 Å². The number of phenolic OH excluding ortho intramolecular Hbond substituents is 1. The van der Waals surface area contributed by atoms with E-state index >= 15 is 0 Å². The third-order valence-corrected chi connectivity index (χ3v) is 6.96.